The van der Waals surface area contributed by atoms with Gasteiger partial charge in [-0.05, 0) is 129 Å². The number of ether oxygens (including phenoxy) is 5. The molecule has 0 radical (unpaired) electrons. The van der Waals surface area contributed by atoms with E-state index in [0.717, 1.165) is 25.7 Å². The number of hydrogen-bond acceptors (Lipinski definition) is 11. The zero-order valence-corrected chi connectivity index (χ0v) is 32.2. The van der Waals surface area contributed by atoms with E-state index in [9.17, 15) is 24.0 Å². The van der Waals surface area contributed by atoms with Crippen molar-refractivity contribution in [2.24, 2.45) is 17.8 Å². The van der Waals surface area contributed by atoms with Gasteiger partial charge in [-0.15, -0.1) is 0 Å². The lowest BCUT2D eigenvalue weighted by molar-refractivity contribution is -0.146. The Morgan fingerprint density at radius 3 is 1.77 bits per heavy atom. The van der Waals surface area contributed by atoms with Gasteiger partial charge in [0.15, 0.2) is 5.78 Å². The first kappa shape index (κ1) is 42.0. The lowest BCUT2D eigenvalue weighted by Gasteiger charge is -2.33. The molecule has 1 heterocycles. The van der Waals surface area contributed by atoms with Crippen molar-refractivity contribution in [3.8, 4) is 5.75 Å². The number of esters is 2. The largest absolute Gasteiger partial charge is 0.497 e. The van der Waals surface area contributed by atoms with Gasteiger partial charge in [-0.3, -0.25) is 19.4 Å². The summed E-state index contributed by atoms with van der Waals surface area (Å²) in [4.78, 5) is 65.6. The Morgan fingerprint density at radius 2 is 1.29 bits per heavy atom. The van der Waals surface area contributed by atoms with Crippen molar-refractivity contribution in [1.82, 2.24) is 15.6 Å². The first-order chi connectivity index (χ1) is 24.4. The molecule has 52 heavy (non-hydrogen) atoms. The summed E-state index contributed by atoms with van der Waals surface area (Å²) in [5, 5.41) is 6.41. The van der Waals surface area contributed by atoms with Gasteiger partial charge in [0.2, 0.25) is 0 Å². The molecule has 2 aliphatic carbocycles. The number of fused-ring (bicyclic) bond motifs is 1. The number of pyridine rings is 1. The molecule has 2 fully saturated rings. The van der Waals surface area contributed by atoms with E-state index in [2.05, 4.69) is 20.4 Å². The molecule has 2 aliphatic rings. The van der Waals surface area contributed by atoms with Crippen LogP contribution in [0.3, 0.4) is 0 Å². The number of nitrogens with one attached hydrogen (secondary N) is 2. The number of Topliss-reactive ketones (excluding diaryl/α,β-unsaturated/α-hetero) is 1. The highest BCUT2D eigenvalue weighted by Gasteiger charge is 2.39. The molecule has 1 aromatic carbocycles. The fraction of sp³-hybridized carbons (Fsp3) is 0.641. The topological polar surface area (TPSA) is 168 Å². The first-order valence-electron chi connectivity index (χ1n) is 18.0. The number of aromatic nitrogens is 1. The van der Waals surface area contributed by atoms with E-state index >= 15 is 0 Å². The van der Waals surface area contributed by atoms with Gasteiger partial charge in [-0.2, -0.15) is 0 Å². The molecule has 1 atom stereocenters. The van der Waals surface area contributed by atoms with Gasteiger partial charge in [-0.1, -0.05) is 0 Å². The second-order valence-corrected chi connectivity index (χ2v) is 15.5. The Morgan fingerprint density at radius 1 is 0.750 bits per heavy atom. The lowest BCUT2D eigenvalue weighted by Crippen LogP contribution is -2.43. The van der Waals surface area contributed by atoms with Crippen LogP contribution in [0.4, 0.5) is 9.59 Å². The molecule has 2 aromatic rings. The van der Waals surface area contributed by atoms with Crippen LogP contribution < -0.4 is 15.4 Å². The summed E-state index contributed by atoms with van der Waals surface area (Å²) in [6.07, 6.45) is 7.41. The standard InChI is InChI=1S/C25H32N2O6.C14H25NO4/c1-25(2,3)33-24(30)27-16-8-6-15(7-9-16)21(23(29)32-5)22(28)18-12-13-26-20-11-10-17(31-4)14-19(18)20;1-14(2,3)19-13(17)15-11-7-5-10(6-8-11)9-12(16)18-4/h10-16,21H,6-9H2,1-5H3,(H,27,30);10-11H,5-9H2,1-4H3,(H,15,17). The maximum atomic E-state index is 13.6. The number of carbonyl (C=O) groups excluding carboxylic acids is 5. The number of methoxy groups -OCH3 is 3. The second kappa shape index (κ2) is 18.9. The monoisotopic (exact) mass is 727 g/mol. The van der Waals surface area contributed by atoms with E-state index in [0.29, 0.717) is 60.2 Å². The first-order valence-corrected chi connectivity index (χ1v) is 18.0. The van der Waals surface area contributed by atoms with Crippen LogP contribution in [0.25, 0.3) is 10.9 Å². The summed E-state index contributed by atoms with van der Waals surface area (Å²) in [5.74, 6) is -1.10. The minimum Gasteiger partial charge on any atom is -0.497 e. The zero-order valence-electron chi connectivity index (χ0n) is 32.2. The van der Waals surface area contributed by atoms with Crippen molar-refractivity contribution in [2.45, 2.75) is 123 Å². The predicted molar refractivity (Wildman–Crippen MR) is 195 cm³/mol. The predicted octanol–water partition coefficient (Wildman–Crippen LogP) is 6.93. The van der Waals surface area contributed by atoms with Crippen molar-refractivity contribution in [2.75, 3.05) is 21.3 Å². The van der Waals surface area contributed by atoms with Gasteiger partial charge in [0, 0.05) is 35.7 Å². The molecular weight excluding hydrogens is 670 g/mol. The Bertz CT molecular complexity index is 1530. The lowest BCUT2D eigenvalue weighted by atomic mass is 9.75. The normalized spacial score (nSPS) is 20.9. The fourth-order valence-corrected chi connectivity index (χ4v) is 6.65. The number of ketones is 1. The van der Waals surface area contributed by atoms with Crippen molar-refractivity contribution in [1.29, 1.82) is 0 Å². The van der Waals surface area contributed by atoms with Crippen molar-refractivity contribution < 1.29 is 47.7 Å². The number of alkyl carbamates (subject to hydrolysis) is 2. The van der Waals surface area contributed by atoms with Gasteiger partial charge in [0.25, 0.3) is 0 Å². The van der Waals surface area contributed by atoms with Gasteiger partial charge < -0.3 is 34.3 Å². The average Bonchev–Trinajstić information content (AvgIpc) is 3.07. The summed E-state index contributed by atoms with van der Waals surface area (Å²) in [7, 11) is 4.27. The van der Waals surface area contributed by atoms with Crippen molar-refractivity contribution >= 4 is 40.8 Å². The smallest absolute Gasteiger partial charge is 0.407 e. The fourth-order valence-electron chi connectivity index (χ4n) is 6.65. The molecule has 2 saturated carbocycles. The van der Waals surface area contributed by atoms with Crippen molar-refractivity contribution in [3.63, 3.8) is 0 Å². The second-order valence-electron chi connectivity index (χ2n) is 15.5. The number of hydrogen-bond donors (Lipinski definition) is 2. The molecule has 2 amide bonds. The number of nitrogens with zero attached hydrogens (tertiary/aromatic N) is 1. The highest BCUT2D eigenvalue weighted by Crippen LogP contribution is 2.35. The van der Waals surface area contributed by atoms with Crippen LogP contribution in [-0.2, 0) is 28.5 Å². The third kappa shape index (κ3) is 13.3. The molecule has 0 saturated heterocycles. The average molecular weight is 728 g/mol. The van der Waals surface area contributed by atoms with Crippen LogP contribution in [0, 0.1) is 17.8 Å². The molecule has 13 nitrogen and oxygen atoms in total. The van der Waals surface area contributed by atoms with Gasteiger partial charge >= 0.3 is 24.1 Å². The molecule has 288 valence electrons. The summed E-state index contributed by atoms with van der Waals surface area (Å²) in [6, 6.07) is 7.05. The molecule has 4 rings (SSSR count). The number of amides is 2. The molecule has 13 heteroatoms. The zero-order chi connectivity index (χ0) is 38.6. The summed E-state index contributed by atoms with van der Waals surface area (Å²) < 4.78 is 25.5. The van der Waals surface area contributed by atoms with Crippen LogP contribution in [0.15, 0.2) is 30.5 Å². The van der Waals surface area contributed by atoms with E-state index in [-0.39, 0.29) is 35.8 Å². The maximum absolute atomic E-state index is 13.6. The molecule has 0 spiro atoms. The molecule has 1 aromatic heterocycles. The van der Waals surface area contributed by atoms with Gasteiger partial charge in [0.1, 0.15) is 22.9 Å². The highest BCUT2D eigenvalue weighted by atomic mass is 16.6. The van der Waals surface area contributed by atoms with Crippen LogP contribution in [0.5, 0.6) is 5.75 Å². The number of rotatable bonds is 9. The summed E-state index contributed by atoms with van der Waals surface area (Å²) in [5.41, 5.74) is 0.0325. The van der Waals surface area contributed by atoms with Crippen LogP contribution in [0.2, 0.25) is 0 Å². The minimum atomic E-state index is -0.922. The Balaban J connectivity index is 0.000000326. The van der Waals surface area contributed by atoms with Gasteiger partial charge in [0.05, 0.1) is 26.8 Å². The summed E-state index contributed by atoms with van der Waals surface area (Å²) >= 11 is 0. The minimum absolute atomic E-state index is 0.0597. The molecule has 0 bridgehead atoms. The highest BCUT2D eigenvalue weighted by molar-refractivity contribution is 6.15. The molecule has 2 N–H and O–H groups in total. The van der Waals surface area contributed by atoms with Crippen molar-refractivity contribution in [3.05, 3.63) is 36.0 Å². The van der Waals surface area contributed by atoms with E-state index < -0.39 is 29.2 Å². The summed E-state index contributed by atoms with van der Waals surface area (Å²) in [6.45, 7) is 11.0. The number of benzene rings is 1. The Hall–Kier alpha value is -4.42. The third-order valence-corrected chi connectivity index (χ3v) is 9.17. The van der Waals surface area contributed by atoms with Gasteiger partial charge in [-0.25, -0.2) is 9.59 Å². The number of carbonyl (C=O) groups is 5. The Kier molecular flexibility index (Phi) is 15.3. The van der Waals surface area contributed by atoms with E-state index in [1.165, 1.54) is 14.2 Å². The third-order valence-electron chi connectivity index (χ3n) is 9.17. The Labute approximate surface area is 307 Å². The van der Waals surface area contributed by atoms with Crippen LogP contribution >= 0.6 is 0 Å². The van der Waals surface area contributed by atoms with Crippen LogP contribution in [0.1, 0.15) is 110 Å². The SMILES string of the molecule is COC(=O)C(C(=O)c1ccnc2ccc(OC)cc12)C1CCC(NC(=O)OC(C)(C)C)CC1.COC(=O)CC1CCC(NC(=O)OC(C)(C)C)CC1. The van der Waals surface area contributed by atoms with E-state index in [4.69, 9.17) is 18.9 Å². The maximum Gasteiger partial charge on any atom is 0.407 e. The van der Waals surface area contributed by atoms with Crippen LogP contribution in [-0.4, -0.2) is 79.5 Å². The molecular formula is C39H57N3O10. The molecule has 0 aliphatic heterocycles. The van der Waals surface area contributed by atoms with E-state index in [1.54, 1.807) is 37.6 Å². The van der Waals surface area contributed by atoms with E-state index in [1.807, 2.05) is 41.5 Å². The molecule has 1 unspecified atom stereocenters. The quantitative estimate of drug-likeness (QED) is 0.119.